The molecule has 0 radical (unpaired) electrons. The van der Waals surface area contributed by atoms with Gasteiger partial charge in [0.2, 0.25) is 0 Å². The molecule has 1 aromatic heterocycles. The topological polar surface area (TPSA) is 29.9 Å². The van der Waals surface area contributed by atoms with E-state index in [2.05, 4.69) is 37.3 Å². The monoisotopic (exact) mass is 223 g/mol. The van der Waals surface area contributed by atoms with E-state index in [4.69, 9.17) is 0 Å². The van der Waals surface area contributed by atoms with Crippen LogP contribution in [0.3, 0.4) is 0 Å². The highest BCUT2D eigenvalue weighted by molar-refractivity contribution is 5.14. The van der Waals surface area contributed by atoms with Crippen LogP contribution in [0.5, 0.6) is 0 Å². The van der Waals surface area contributed by atoms with Crippen molar-refractivity contribution in [3.8, 4) is 0 Å². The van der Waals surface area contributed by atoms with Gasteiger partial charge >= 0.3 is 0 Å². The van der Waals surface area contributed by atoms with Gasteiger partial charge < -0.3 is 5.32 Å². The standard InChI is InChI=1S/C13H25N3/c1-6-10(3)8-12(14-4)13-9-11(7-2)15-16(13)5/h9-10,12,14H,6-8H2,1-5H3. The first-order chi connectivity index (χ1) is 7.62. The SMILES string of the molecule is CCc1cc(C(CC(C)CC)NC)n(C)n1. The van der Waals surface area contributed by atoms with Gasteiger partial charge in [0.15, 0.2) is 0 Å². The van der Waals surface area contributed by atoms with Crippen LogP contribution in [0.4, 0.5) is 0 Å². The average molecular weight is 223 g/mol. The summed E-state index contributed by atoms with van der Waals surface area (Å²) >= 11 is 0. The van der Waals surface area contributed by atoms with Gasteiger partial charge in [0.05, 0.1) is 11.4 Å². The molecule has 0 aliphatic heterocycles. The average Bonchev–Trinajstić information content (AvgIpc) is 2.67. The second-order valence-electron chi connectivity index (χ2n) is 4.63. The zero-order valence-corrected chi connectivity index (χ0v) is 11.2. The minimum absolute atomic E-state index is 0.424. The minimum atomic E-state index is 0.424. The van der Waals surface area contributed by atoms with Crippen LogP contribution in [0.1, 0.15) is 51.0 Å². The number of rotatable bonds is 6. The Hall–Kier alpha value is -0.830. The van der Waals surface area contributed by atoms with Gasteiger partial charge in [-0.15, -0.1) is 0 Å². The van der Waals surface area contributed by atoms with Crippen molar-refractivity contribution in [2.24, 2.45) is 13.0 Å². The van der Waals surface area contributed by atoms with Crippen LogP contribution >= 0.6 is 0 Å². The fourth-order valence-electron chi connectivity index (χ4n) is 2.00. The van der Waals surface area contributed by atoms with Gasteiger partial charge in [-0.3, -0.25) is 4.68 Å². The van der Waals surface area contributed by atoms with Gasteiger partial charge in [-0.05, 0) is 31.9 Å². The first kappa shape index (κ1) is 13.2. The minimum Gasteiger partial charge on any atom is -0.312 e. The Labute approximate surface area is 99.2 Å². The molecule has 1 heterocycles. The molecule has 1 rings (SSSR count). The van der Waals surface area contributed by atoms with Crippen LogP contribution in [0.15, 0.2) is 6.07 Å². The highest BCUT2D eigenvalue weighted by atomic mass is 15.3. The van der Waals surface area contributed by atoms with Crippen LogP contribution in [0.25, 0.3) is 0 Å². The smallest absolute Gasteiger partial charge is 0.0625 e. The summed E-state index contributed by atoms with van der Waals surface area (Å²) in [5.41, 5.74) is 2.49. The Bertz CT molecular complexity index is 317. The molecule has 0 saturated heterocycles. The Morgan fingerprint density at radius 2 is 2.12 bits per heavy atom. The molecule has 0 amide bonds. The fraction of sp³-hybridized carbons (Fsp3) is 0.769. The largest absolute Gasteiger partial charge is 0.312 e. The molecule has 1 N–H and O–H groups in total. The molecule has 0 aliphatic carbocycles. The molecule has 16 heavy (non-hydrogen) atoms. The summed E-state index contributed by atoms with van der Waals surface area (Å²) in [6, 6.07) is 2.65. The zero-order valence-electron chi connectivity index (χ0n) is 11.2. The van der Waals surface area contributed by atoms with Crippen molar-refractivity contribution >= 4 is 0 Å². The molecule has 0 saturated carbocycles. The number of hydrogen-bond acceptors (Lipinski definition) is 2. The van der Waals surface area contributed by atoms with Gasteiger partial charge in [0.25, 0.3) is 0 Å². The molecular formula is C13H25N3. The van der Waals surface area contributed by atoms with Crippen molar-refractivity contribution in [3.63, 3.8) is 0 Å². The first-order valence-corrected chi connectivity index (χ1v) is 6.32. The van der Waals surface area contributed by atoms with Gasteiger partial charge in [0.1, 0.15) is 0 Å². The highest BCUT2D eigenvalue weighted by Gasteiger charge is 2.16. The van der Waals surface area contributed by atoms with Crippen molar-refractivity contribution in [2.75, 3.05) is 7.05 Å². The summed E-state index contributed by atoms with van der Waals surface area (Å²) in [6.07, 6.45) is 3.42. The third-order valence-corrected chi connectivity index (χ3v) is 3.37. The van der Waals surface area contributed by atoms with Gasteiger partial charge in [-0.2, -0.15) is 5.10 Å². The molecule has 1 aromatic rings. The van der Waals surface area contributed by atoms with Crippen LogP contribution in [0, 0.1) is 5.92 Å². The maximum Gasteiger partial charge on any atom is 0.0625 e. The lowest BCUT2D eigenvalue weighted by Crippen LogP contribution is -2.21. The number of aryl methyl sites for hydroxylation is 2. The number of nitrogens with one attached hydrogen (secondary N) is 1. The molecule has 3 heteroatoms. The van der Waals surface area contributed by atoms with Crippen molar-refractivity contribution in [1.82, 2.24) is 15.1 Å². The summed E-state index contributed by atoms with van der Waals surface area (Å²) in [6.45, 7) is 6.70. The molecule has 0 bridgehead atoms. The van der Waals surface area contributed by atoms with E-state index in [0.717, 1.165) is 12.3 Å². The summed E-state index contributed by atoms with van der Waals surface area (Å²) in [5.74, 6) is 0.748. The lowest BCUT2D eigenvalue weighted by Gasteiger charge is -2.19. The van der Waals surface area contributed by atoms with Crippen molar-refractivity contribution in [3.05, 3.63) is 17.5 Å². The normalized spacial score (nSPS) is 15.1. The van der Waals surface area contributed by atoms with Crippen LogP contribution in [0.2, 0.25) is 0 Å². The van der Waals surface area contributed by atoms with Crippen molar-refractivity contribution < 1.29 is 0 Å². The fourth-order valence-corrected chi connectivity index (χ4v) is 2.00. The maximum atomic E-state index is 4.51. The number of hydrogen-bond donors (Lipinski definition) is 1. The van der Waals surface area contributed by atoms with Gasteiger partial charge in [-0.25, -0.2) is 0 Å². The number of nitrogens with zero attached hydrogens (tertiary/aromatic N) is 2. The summed E-state index contributed by atoms with van der Waals surface area (Å²) in [4.78, 5) is 0. The molecule has 92 valence electrons. The van der Waals surface area contributed by atoms with E-state index in [1.807, 2.05) is 18.8 Å². The van der Waals surface area contributed by atoms with E-state index in [0.29, 0.717) is 6.04 Å². The number of aromatic nitrogens is 2. The first-order valence-electron chi connectivity index (χ1n) is 6.32. The van der Waals surface area contributed by atoms with E-state index in [1.54, 1.807) is 0 Å². The Kier molecular flexibility index (Phi) is 5.00. The van der Waals surface area contributed by atoms with Gasteiger partial charge in [-0.1, -0.05) is 27.2 Å². The Balaban J connectivity index is 2.81. The van der Waals surface area contributed by atoms with Crippen LogP contribution in [-0.2, 0) is 13.5 Å². The predicted octanol–water partition coefficient (Wildman–Crippen LogP) is 2.68. The molecule has 0 fully saturated rings. The molecule has 0 spiro atoms. The second-order valence-corrected chi connectivity index (χ2v) is 4.63. The van der Waals surface area contributed by atoms with Crippen molar-refractivity contribution in [1.29, 1.82) is 0 Å². The summed E-state index contributed by atoms with van der Waals surface area (Å²) in [7, 11) is 4.07. The molecular weight excluding hydrogens is 198 g/mol. The van der Waals surface area contributed by atoms with E-state index in [-0.39, 0.29) is 0 Å². The third kappa shape index (κ3) is 3.08. The van der Waals surface area contributed by atoms with Crippen molar-refractivity contribution in [2.45, 2.75) is 46.1 Å². The van der Waals surface area contributed by atoms with E-state index in [1.165, 1.54) is 24.2 Å². The third-order valence-electron chi connectivity index (χ3n) is 3.37. The maximum absolute atomic E-state index is 4.51. The quantitative estimate of drug-likeness (QED) is 0.803. The van der Waals surface area contributed by atoms with Gasteiger partial charge in [0, 0.05) is 13.1 Å². The molecule has 3 nitrogen and oxygen atoms in total. The van der Waals surface area contributed by atoms with E-state index < -0.39 is 0 Å². The molecule has 0 aliphatic rings. The Morgan fingerprint density at radius 3 is 2.56 bits per heavy atom. The Morgan fingerprint density at radius 1 is 1.44 bits per heavy atom. The summed E-state index contributed by atoms with van der Waals surface area (Å²) < 4.78 is 2.02. The lowest BCUT2D eigenvalue weighted by atomic mass is 9.97. The zero-order chi connectivity index (χ0) is 12.1. The second kappa shape index (κ2) is 6.04. The van der Waals surface area contributed by atoms with E-state index in [9.17, 15) is 0 Å². The van der Waals surface area contributed by atoms with E-state index >= 15 is 0 Å². The molecule has 0 aromatic carbocycles. The highest BCUT2D eigenvalue weighted by Crippen LogP contribution is 2.23. The predicted molar refractivity (Wildman–Crippen MR) is 68.5 cm³/mol. The lowest BCUT2D eigenvalue weighted by molar-refractivity contribution is 0.405. The van der Waals surface area contributed by atoms with Crippen LogP contribution < -0.4 is 5.32 Å². The summed E-state index contributed by atoms with van der Waals surface area (Å²) in [5, 5.41) is 7.91. The molecule has 2 atom stereocenters. The van der Waals surface area contributed by atoms with Crippen LogP contribution in [-0.4, -0.2) is 16.8 Å². The molecule has 2 unspecified atom stereocenters.